The lowest BCUT2D eigenvalue weighted by atomic mass is 10.1. The number of carbonyl (C=O) groups excluding carboxylic acids is 2. The number of amides is 2. The van der Waals surface area contributed by atoms with Crippen LogP contribution in [0.5, 0.6) is 0 Å². The van der Waals surface area contributed by atoms with Crippen molar-refractivity contribution in [3.8, 4) is 0 Å². The summed E-state index contributed by atoms with van der Waals surface area (Å²) in [6.45, 7) is 6.59. The maximum absolute atomic E-state index is 11.5. The molecule has 17 heavy (non-hydrogen) atoms. The second-order valence-corrected chi connectivity index (χ2v) is 4.49. The Labute approximate surface area is 104 Å². The van der Waals surface area contributed by atoms with Crippen LogP contribution in [0.4, 0.5) is 0 Å². The predicted octanol–water partition coefficient (Wildman–Crippen LogP) is 0.392. The number of unbranched alkanes of at least 4 members (excludes halogenated alkanes) is 1. The summed E-state index contributed by atoms with van der Waals surface area (Å²) in [6.07, 6.45) is 2.70. The molecule has 0 aliphatic carbocycles. The number of hydrogen-bond donors (Lipinski definition) is 3. The van der Waals surface area contributed by atoms with Gasteiger partial charge in [-0.05, 0) is 6.42 Å². The van der Waals surface area contributed by atoms with Gasteiger partial charge in [-0.1, -0.05) is 33.6 Å². The summed E-state index contributed by atoms with van der Waals surface area (Å²) in [5.41, 5.74) is 5.69. The van der Waals surface area contributed by atoms with Crippen LogP contribution in [-0.2, 0) is 9.59 Å². The molecule has 5 nitrogen and oxygen atoms in total. The third kappa shape index (κ3) is 7.74. The molecule has 0 unspecified atom stereocenters. The fourth-order valence-electron chi connectivity index (χ4n) is 1.26. The van der Waals surface area contributed by atoms with Gasteiger partial charge in [-0.15, -0.1) is 0 Å². The normalized spacial score (nSPS) is 12.3. The van der Waals surface area contributed by atoms with Crippen LogP contribution in [0.15, 0.2) is 0 Å². The monoisotopic (exact) mass is 243 g/mol. The van der Waals surface area contributed by atoms with Crippen molar-refractivity contribution in [3.05, 3.63) is 0 Å². The van der Waals surface area contributed by atoms with E-state index in [0.717, 1.165) is 12.8 Å². The van der Waals surface area contributed by atoms with Crippen molar-refractivity contribution in [2.45, 2.75) is 46.1 Å². The van der Waals surface area contributed by atoms with E-state index in [4.69, 9.17) is 5.73 Å². The average Bonchev–Trinajstić information content (AvgIpc) is 2.30. The van der Waals surface area contributed by atoms with Gasteiger partial charge in [-0.2, -0.15) is 0 Å². The van der Waals surface area contributed by atoms with Gasteiger partial charge in [0, 0.05) is 19.0 Å². The first-order chi connectivity index (χ1) is 7.99. The summed E-state index contributed by atoms with van der Waals surface area (Å²) >= 11 is 0. The van der Waals surface area contributed by atoms with Gasteiger partial charge in [0.05, 0.1) is 6.04 Å². The molecule has 0 bridgehead atoms. The van der Waals surface area contributed by atoms with Crippen LogP contribution in [-0.4, -0.2) is 30.9 Å². The molecule has 1 atom stereocenters. The topological polar surface area (TPSA) is 84.2 Å². The Kier molecular flexibility index (Phi) is 8.40. The zero-order chi connectivity index (χ0) is 13.3. The molecule has 0 aromatic carbocycles. The zero-order valence-electron chi connectivity index (χ0n) is 11.1. The Morgan fingerprint density at radius 2 is 1.65 bits per heavy atom. The third-order valence-electron chi connectivity index (χ3n) is 2.45. The van der Waals surface area contributed by atoms with Crippen molar-refractivity contribution in [2.24, 2.45) is 11.7 Å². The van der Waals surface area contributed by atoms with Gasteiger partial charge in [0.1, 0.15) is 0 Å². The molecule has 0 heterocycles. The highest BCUT2D eigenvalue weighted by atomic mass is 16.2. The van der Waals surface area contributed by atoms with Crippen LogP contribution in [0, 0.1) is 5.92 Å². The smallest absolute Gasteiger partial charge is 0.236 e. The second kappa shape index (κ2) is 8.98. The highest BCUT2D eigenvalue weighted by Crippen LogP contribution is 1.97. The van der Waals surface area contributed by atoms with Gasteiger partial charge in [-0.25, -0.2) is 0 Å². The van der Waals surface area contributed by atoms with Crippen molar-refractivity contribution >= 4 is 11.8 Å². The quantitative estimate of drug-likeness (QED) is 0.539. The van der Waals surface area contributed by atoms with E-state index in [1.165, 1.54) is 0 Å². The van der Waals surface area contributed by atoms with Gasteiger partial charge in [0.15, 0.2) is 0 Å². The van der Waals surface area contributed by atoms with E-state index >= 15 is 0 Å². The summed E-state index contributed by atoms with van der Waals surface area (Å²) in [6, 6.07) is -0.434. The first kappa shape index (κ1) is 15.9. The van der Waals surface area contributed by atoms with E-state index in [2.05, 4.69) is 17.6 Å². The van der Waals surface area contributed by atoms with Crippen molar-refractivity contribution in [3.63, 3.8) is 0 Å². The van der Waals surface area contributed by atoms with Gasteiger partial charge in [0.25, 0.3) is 0 Å². The van der Waals surface area contributed by atoms with Gasteiger partial charge in [-0.3, -0.25) is 9.59 Å². The number of nitrogens with two attached hydrogens (primary N) is 1. The minimum atomic E-state index is -0.434. The molecular formula is C12H25N3O2. The number of carbonyl (C=O) groups is 2. The summed E-state index contributed by atoms with van der Waals surface area (Å²) in [4.78, 5) is 22.7. The van der Waals surface area contributed by atoms with E-state index in [-0.39, 0.29) is 17.7 Å². The Morgan fingerprint density at radius 3 is 2.12 bits per heavy atom. The maximum atomic E-state index is 11.5. The Morgan fingerprint density at radius 1 is 1.12 bits per heavy atom. The van der Waals surface area contributed by atoms with Crippen LogP contribution in [0.1, 0.15) is 40.0 Å². The van der Waals surface area contributed by atoms with Gasteiger partial charge >= 0.3 is 0 Å². The molecule has 0 aromatic heterocycles. The molecule has 2 amide bonds. The average molecular weight is 243 g/mol. The lowest BCUT2D eigenvalue weighted by molar-refractivity contribution is -0.125. The summed E-state index contributed by atoms with van der Waals surface area (Å²) in [7, 11) is 0. The molecule has 5 heteroatoms. The summed E-state index contributed by atoms with van der Waals surface area (Å²) in [5.74, 6) is -0.177. The molecule has 100 valence electrons. The van der Waals surface area contributed by atoms with E-state index in [1.807, 2.05) is 13.8 Å². The van der Waals surface area contributed by atoms with E-state index < -0.39 is 6.04 Å². The molecule has 0 saturated carbocycles. The first-order valence-corrected chi connectivity index (χ1v) is 6.30. The van der Waals surface area contributed by atoms with Crippen LogP contribution < -0.4 is 16.4 Å². The summed E-state index contributed by atoms with van der Waals surface area (Å²) < 4.78 is 0. The molecule has 0 saturated heterocycles. The maximum Gasteiger partial charge on any atom is 0.236 e. The van der Waals surface area contributed by atoms with E-state index in [9.17, 15) is 9.59 Å². The molecule has 0 radical (unpaired) electrons. The van der Waals surface area contributed by atoms with Crippen LogP contribution >= 0.6 is 0 Å². The number of hydrogen-bond acceptors (Lipinski definition) is 3. The second-order valence-electron chi connectivity index (χ2n) is 4.49. The highest BCUT2D eigenvalue weighted by Gasteiger charge is 2.12. The predicted molar refractivity (Wildman–Crippen MR) is 68.4 cm³/mol. The summed E-state index contributed by atoms with van der Waals surface area (Å²) in [5, 5.41) is 5.43. The molecule has 0 rings (SSSR count). The van der Waals surface area contributed by atoms with Crippen LogP contribution in [0.25, 0.3) is 0 Å². The number of rotatable bonds is 8. The van der Waals surface area contributed by atoms with Gasteiger partial charge in [0.2, 0.25) is 11.8 Å². The highest BCUT2D eigenvalue weighted by molar-refractivity contribution is 5.81. The first-order valence-electron chi connectivity index (χ1n) is 6.30. The fourth-order valence-corrected chi connectivity index (χ4v) is 1.26. The van der Waals surface area contributed by atoms with Gasteiger partial charge < -0.3 is 16.4 Å². The standard InChI is InChI=1S/C12H25N3O2/c1-4-5-6-10(13)12(17)15-8-7-14-11(16)9(2)3/h9-10H,4-8,13H2,1-3H3,(H,14,16)(H,15,17)/t10-/m0/s1. The van der Waals surface area contributed by atoms with Crippen LogP contribution in [0.2, 0.25) is 0 Å². The zero-order valence-corrected chi connectivity index (χ0v) is 11.1. The Bertz CT molecular complexity index is 242. The van der Waals surface area contributed by atoms with E-state index in [0.29, 0.717) is 19.5 Å². The minimum absolute atomic E-state index is 0.00506. The molecule has 0 aromatic rings. The van der Waals surface area contributed by atoms with Crippen molar-refractivity contribution in [2.75, 3.05) is 13.1 Å². The fraction of sp³-hybridized carbons (Fsp3) is 0.833. The third-order valence-corrected chi connectivity index (χ3v) is 2.45. The lowest BCUT2D eigenvalue weighted by Crippen LogP contribution is -2.43. The largest absolute Gasteiger partial charge is 0.354 e. The molecule has 0 aliphatic heterocycles. The molecular weight excluding hydrogens is 218 g/mol. The van der Waals surface area contributed by atoms with Crippen molar-refractivity contribution in [1.82, 2.24) is 10.6 Å². The minimum Gasteiger partial charge on any atom is -0.354 e. The number of nitrogens with one attached hydrogen (secondary N) is 2. The Balaban J connectivity index is 3.60. The molecule has 0 fully saturated rings. The lowest BCUT2D eigenvalue weighted by Gasteiger charge is -2.12. The van der Waals surface area contributed by atoms with Crippen molar-refractivity contribution in [1.29, 1.82) is 0 Å². The SMILES string of the molecule is CCCC[C@H](N)C(=O)NCCNC(=O)C(C)C. The molecule has 0 spiro atoms. The Hall–Kier alpha value is -1.10. The van der Waals surface area contributed by atoms with Crippen LogP contribution in [0.3, 0.4) is 0 Å². The molecule has 4 N–H and O–H groups in total. The van der Waals surface area contributed by atoms with E-state index in [1.54, 1.807) is 0 Å². The molecule has 0 aliphatic rings. The van der Waals surface area contributed by atoms with Crippen molar-refractivity contribution < 1.29 is 9.59 Å².